The highest BCUT2D eigenvalue weighted by molar-refractivity contribution is 5.82. The zero-order chi connectivity index (χ0) is 13.3. The van der Waals surface area contributed by atoms with E-state index in [9.17, 15) is 9.90 Å². The molecule has 1 spiro atoms. The molecule has 1 amide bonds. The van der Waals surface area contributed by atoms with Crippen molar-refractivity contribution in [2.75, 3.05) is 32.8 Å². The normalized spacial score (nSPS) is 31.9. The average Bonchev–Trinajstić information content (AvgIpc) is 3.11. The summed E-state index contributed by atoms with van der Waals surface area (Å²) in [4.78, 5) is 12.2. The highest BCUT2D eigenvalue weighted by Crippen LogP contribution is 2.58. The summed E-state index contributed by atoms with van der Waals surface area (Å²) in [6, 6.07) is 0. The van der Waals surface area contributed by atoms with Crippen molar-refractivity contribution in [3.05, 3.63) is 0 Å². The van der Waals surface area contributed by atoms with E-state index in [0.29, 0.717) is 32.6 Å². The third-order valence-electron chi connectivity index (χ3n) is 5.12. The molecular formula is C14H24N2O3. The standard InChI is InChI=1S/C14H24N2O3/c17-12(11-9-13(11)1-5-15-6-2-13)16-10-14(18)3-7-19-8-4-14/h11,15,18H,1-10H2,(H,16,17). The van der Waals surface area contributed by atoms with Crippen LogP contribution in [0.1, 0.15) is 32.1 Å². The first-order valence-corrected chi connectivity index (χ1v) is 7.42. The summed E-state index contributed by atoms with van der Waals surface area (Å²) < 4.78 is 5.24. The predicted octanol–water partition coefficient (Wildman–Crippen LogP) is 0.0338. The monoisotopic (exact) mass is 268 g/mol. The SMILES string of the molecule is O=C(NCC1(O)CCOCC1)C1CC12CCNCC2. The van der Waals surface area contributed by atoms with Crippen molar-refractivity contribution in [2.45, 2.75) is 37.7 Å². The van der Waals surface area contributed by atoms with Gasteiger partial charge in [0, 0.05) is 38.5 Å². The molecule has 19 heavy (non-hydrogen) atoms. The molecule has 5 heteroatoms. The van der Waals surface area contributed by atoms with Crippen LogP contribution < -0.4 is 10.6 Å². The van der Waals surface area contributed by atoms with Gasteiger partial charge < -0.3 is 20.5 Å². The molecule has 0 radical (unpaired) electrons. The van der Waals surface area contributed by atoms with Crippen LogP contribution in [0.15, 0.2) is 0 Å². The zero-order valence-corrected chi connectivity index (χ0v) is 11.4. The number of hydrogen-bond acceptors (Lipinski definition) is 4. The quantitative estimate of drug-likeness (QED) is 0.675. The summed E-state index contributed by atoms with van der Waals surface area (Å²) in [5.74, 6) is 0.319. The fourth-order valence-corrected chi connectivity index (χ4v) is 3.50. The summed E-state index contributed by atoms with van der Waals surface area (Å²) in [5, 5.41) is 16.6. The summed E-state index contributed by atoms with van der Waals surface area (Å²) >= 11 is 0. The molecule has 3 aliphatic rings. The number of hydrogen-bond donors (Lipinski definition) is 3. The maximum Gasteiger partial charge on any atom is 0.223 e. The van der Waals surface area contributed by atoms with Crippen LogP contribution in [0.25, 0.3) is 0 Å². The van der Waals surface area contributed by atoms with E-state index in [0.717, 1.165) is 32.4 Å². The molecule has 5 nitrogen and oxygen atoms in total. The van der Waals surface area contributed by atoms with Gasteiger partial charge in [-0.2, -0.15) is 0 Å². The first-order chi connectivity index (χ1) is 9.14. The molecule has 1 atom stereocenters. The minimum absolute atomic E-state index is 0.141. The van der Waals surface area contributed by atoms with Crippen molar-refractivity contribution in [3.8, 4) is 0 Å². The van der Waals surface area contributed by atoms with Crippen molar-refractivity contribution in [2.24, 2.45) is 11.3 Å². The molecule has 3 fully saturated rings. The lowest BCUT2D eigenvalue weighted by Crippen LogP contribution is -2.47. The van der Waals surface area contributed by atoms with E-state index in [1.54, 1.807) is 0 Å². The van der Waals surface area contributed by atoms with Crippen LogP contribution in [0.3, 0.4) is 0 Å². The smallest absolute Gasteiger partial charge is 0.223 e. The lowest BCUT2D eigenvalue weighted by Gasteiger charge is -2.32. The molecule has 3 rings (SSSR count). The molecule has 2 saturated heterocycles. The molecule has 0 aromatic carbocycles. The number of amides is 1. The molecular weight excluding hydrogens is 244 g/mol. The number of aliphatic hydroxyl groups is 1. The second kappa shape index (κ2) is 5.04. The van der Waals surface area contributed by atoms with Crippen LogP contribution in [0.2, 0.25) is 0 Å². The number of rotatable bonds is 3. The molecule has 3 N–H and O–H groups in total. The van der Waals surface area contributed by atoms with E-state index in [-0.39, 0.29) is 17.2 Å². The molecule has 2 aliphatic heterocycles. The number of nitrogens with one attached hydrogen (secondary N) is 2. The van der Waals surface area contributed by atoms with E-state index >= 15 is 0 Å². The molecule has 0 aromatic heterocycles. The molecule has 2 heterocycles. The Bertz CT molecular complexity index is 347. The van der Waals surface area contributed by atoms with Gasteiger partial charge in [0.1, 0.15) is 0 Å². The highest BCUT2D eigenvalue weighted by Gasteiger charge is 2.57. The third-order valence-corrected chi connectivity index (χ3v) is 5.12. The van der Waals surface area contributed by atoms with Gasteiger partial charge in [-0.05, 0) is 37.8 Å². The number of ether oxygens (including phenoxy) is 1. The molecule has 0 bridgehead atoms. The van der Waals surface area contributed by atoms with Crippen molar-refractivity contribution >= 4 is 5.91 Å². The molecule has 1 unspecified atom stereocenters. The first-order valence-electron chi connectivity index (χ1n) is 7.42. The maximum absolute atomic E-state index is 12.2. The van der Waals surface area contributed by atoms with Crippen LogP contribution in [0.4, 0.5) is 0 Å². The van der Waals surface area contributed by atoms with Gasteiger partial charge >= 0.3 is 0 Å². The third kappa shape index (κ3) is 2.78. The van der Waals surface area contributed by atoms with Gasteiger partial charge in [0.2, 0.25) is 5.91 Å². The second-order valence-electron chi connectivity index (χ2n) is 6.42. The summed E-state index contributed by atoms with van der Waals surface area (Å²) in [6.07, 6.45) is 4.49. The van der Waals surface area contributed by atoms with Gasteiger partial charge in [0.25, 0.3) is 0 Å². The lowest BCUT2D eigenvalue weighted by molar-refractivity contribution is -0.126. The van der Waals surface area contributed by atoms with Crippen molar-refractivity contribution in [1.29, 1.82) is 0 Å². The van der Waals surface area contributed by atoms with Gasteiger partial charge in [0.15, 0.2) is 0 Å². The van der Waals surface area contributed by atoms with Gasteiger partial charge in [0.05, 0.1) is 5.60 Å². The van der Waals surface area contributed by atoms with Crippen LogP contribution in [-0.4, -0.2) is 49.5 Å². The predicted molar refractivity (Wildman–Crippen MR) is 70.7 cm³/mol. The zero-order valence-electron chi connectivity index (χ0n) is 11.4. The van der Waals surface area contributed by atoms with Gasteiger partial charge in [-0.15, -0.1) is 0 Å². The Morgan fingerprint density at radius 2 is 1.95 bits per heavy atom. The highest BCUT2D eigenvalue weighted by atomic mass is 16.5. The molecule has 108 valence electrons. The Hall–Kier alpha value is -0.650. The minimum Gasteiger partial charge on any atom is -0.388 e. The maximum atomic E-state index is 12.2. The Morgan fingerprint density at radius 3 is 2.63 bits per heavy atom. The molecule has 0 aromatic rings. The van der Waals surface area contributed by atoms with E-state index in [4.69, 9.17) is 4.74 Å². The van der Waals surface area contributed by atoms with Crippen LogP contribution in [0.5, 0.6) is 0 Å². The number of piperidine rings is 1. The van der Waals surface area contributed by atoms with Crippen LogP contribution in [-0.2, 0) is 9.53 Å². The summed E-state index contributed by atoms with van der Waals surface area (Å²) in [7, 11) is 0. The topological polar surface area (TPSA) is 70.6 Å². The largest absolute Gasteiger partial charge is 0.388 e. The fourth-order valence-electron chi connectivity index (χ4n) is 3.50. The van der Waals surface area contributed by atoms with Crippen LogP contribution in [0, 0.1) is 11.3 Å². The average molecular weight is 268 g/mol. The first kappa shape index (κ1) is 13.3. The fraction of sp³-hybridized carbons (Fsp3) is 0.929. The summed E-state index contributed by atoms with van der Waals surface area (Å²) in [5.41, 5.74) is -0.488. The van der Waals surface area contributed by atoms with E-state index < -0.39 is 5.60 Å². The lowest BCUT2D eigenvalue weighted by atomic mass is 9.91. The summed E-state index contributed by atoms with van der Waals surface area (Å²) in [6.45, 7) is 3.62. The van der Waals surface area contributed by atoms with Gasteiger partial charge in [-0.1, -0.05) is 0 Å². The van der Waals surface area contributed by atoms with Crippen molar-refractivity contribution in [3.63, 3.8) is 0 Å². The van der Waals surface area contributed by atoms with E-state index in [1.807, 2.05) is 0 Å². The number of carbonyl (C=O) groups is 1. The van der Waals surface area contributed by atoms with Crippen molar-refractivity contribution in [1.82, 2.24) is 10.6 Å². The Morgan fingerprint density at radius 1 is 1.26 bits per heavy atom. The second-order valence-corrected chi connectivity index (χ2v) is 6.42. The van der Waals surface area contributed by atoms with Crippen molar-refractivity contribution < 1.29 is 14.6 Å². The number of carbonyl (C=O) groups excluding carboxylic acids is 1. The van der Waals surface area contributed by atoms with Gasteiger partial charge in [-0.25, -0.2) is 0 Å². The van der Waals surface area contributed by atoms with E-state index in [2.05, 4.69) is 10.6 Å². The Kier molecular flexibility index (Phi) is 3.53. The van der Waals surface area contributed by atoms with E-state index in [1.165, 1.54) is 0 Å². The van der Waals surface area contributed by atoms with Crippen LogP contribution >= 0.6 is 0 Å². The molecule has 1 aliphatic carbocycles. The Balaban J connectivity index is 1.47. The minimum atomic E-state index is -0.760. The van der Waals surface area contributed by atoms with Gasteiger partial charge in [-0.3, -0.25) is 4.79 Å². The Labute approximate surface area is 114 Å². The molecule has 1 saturated carbocycles.